The summed E-state index contributed by atoms with van der Waals surface area (Å²) >= 11 is 0. The molecular formula is C21H26O3. The zero-order valence-electron chi connectivity index (χ0n) is 14.9. The predicted octanol–water partition coefficient (Wildman–Crippen LogP) is 5.10. The molecule has 2 aromatic rings. The zero-order chi connectivity index (χ0) is 17.6. The van der Waals surface area contributed by atoms with Crippen LogP contribution in [-0.2, 0) is 20.3 Å². The highest BCUT2D eigenvalue weighted by molar-refractivity contribution is 5.60. The number of benzene rings is 2. The Labute approximate surface area is 144 Å². The molecule has 0 atom stereocenters. The van der Waals surface area contributed by atoms with E-state index in [9.17, 15) is 4.79 Å². The summed E-state index contributed by atoms with van der Waals surface area (Å²) < 4.78 is 10.7. The number of ether oxygens (including phenoxy) is 2. The van der Waals surface area contributed by atoms with Crippen LogP contribution in [0, 0.1) is 0 Å². The van der Waals surface area contributed by atoms with Crippen LogP contribution in [0.3, 0.4) is 0 Å². The van der Waals surface area contributed by atoms with Gasteiger partial charge in [0.2, 0.25) is 0 Å². The molecule has 0 spiro atoms. The van der Waals surface area contributed by atoms with Crippen molar-refractivity contribution in [1.29, 1.82) is 0 Å². The fourth-order valence-corrected chi connectivity index (χ4v) is 2.47. The first-order valence-corrected chi connectivity index (χ1v) is 8.22. The Bertz CT molecular complexity index is 588. The molecule has 2 rings (SSSR count). The molecule has 0 aromatic heterocycles. The Morgan fingerprint density at radius 1 is 0.708 bits per heavy atom. The molecule has 0 saturated heterocycles. The molecule has 0 unspecified atom stereocenters. The standard InChI is InChI=1S/C21H26O3/c1-20(2,17-11-7-5-8-12-17)15-23-19(22)24-16-21(3,4)18-13-9-6-10-14-18/h5-14H,15-16H2,1-4H3. The third kappa shape index (κ3) is 4.85. The summed E-state index contributed by atoms with van der Waals surface area (Å²) in [6.45, 7) is 8.74. The van der Waals surface area contributed by atoms with Crippen LogP contribution >= 0.6 is 0 Å². The molecule has 0 aliphatic heterocycles. The minimum atomic E-state index is -0.622. The summed E-state index contributed by atoms with van der Waals surface area (Å²) in [4.78, 5) is 12.0. The van der Waals surface area contributed by atoms with Crippen LogP contribution in [0.25, 0.3) is 0 Å². The van der Waals surface area contributed by atoms with Gasteiger partial charge in [-0.15, -0.1) is 0 Å². The lowest BCUT2D eigenvalue weighted by Crippen LogP contribution is -2.29. The van der Waals surface area contributed by atoms with Crippen molar-refractivity contribution in [3.63, 3.8) is 0 Å². The van der Waals surface area contributed by atoms with Crippen molar-refractivity contribution >= 4 is 6.16 Å². The molecule has 2 aromatic carbocycles. The summed E-state index contributed by atoms with van der Waals surface area (Å²) in [7, 11) is 0. The van der Waals surface area contributed by atoms with Crippen LogP contribution in [0.4, 0.5) is 4.79 Å². The first kappa shape index (κ1) is 18.1. The zero-order valence-corrected chi connectivity index (χ0v) is 14.9. The molecule has 3 heteroatoms. The maximum Gasteiger partial charge on any atom is 0.508 e. The first-order valence-electron chi connectivity index (χ1n) is 8.22. The summed E-state index contributed by atoms with van der Waals surface area (Å²) in [5.74, 6) is 0. The normalized spacial score (nSPS) is 11.8. The highest BCUT2D eigenvalue weighted by Gasteiger charge is 2.25. The second-order valence-electron chi connectivity index (χ2n) is 7.33. The molecule has 24 heavy (non-hydrogen) atoms. The van der Waals surface area contributed by atoms with Gasteiger partial charge in [-0.05, 0) is 11.1 Å². The Morgan fingerprint density at radius 3 is 1.38 bits per heavy atom. The van der Waals surface area contributed by atoms with Crippen molar-refractivity contribution in [1.82, 2.24) is 0 Å². The summed E-state index contributed by atoms with van der Waals surface area (Å²) in [6, 6.07) is 20.0. The van der Waals surface area contributed by atoms with Gasteiger partial charge in [0.05, 0.1) is 0 Å². The Balaban J connectivity index is 1.85. The maximum absolute atomic E-state index is 12.0. The van der Waals surface area contributed by atoms with Crippen molar-refractivity contribution in [2.24, 2.45) is 0 Å². The smallest absolute Gasteiger partial charge is 0.433 e. The lowest BCUT2D eigenvalue weighted by atomic mass is 9.85. The van der Waals surface area contributed by atoms with E-state index in [1.807, 2.05) is 88.4 Å². The second kappa shape index (κ2) is 7.52. The quantitative estimate of drug-likeness (QED) is 0.693. The van der Waals surface area contributed by atoms with Gasteiger partial charge in [-0.3, -0.25) is 0 Å². The van der Waals surface area contributed by atoms with E-state index in [0.717, 1.165) is 11.1 Å². The van der Waals surface area contributed by atoms with E-state index in [1.165, 1.54) is 0 Å². The van der Waals surface area contributed by atoms with Gasteiger partial charge in [-0.1, -0.05) is 88.4 Å². The molecular weight excluding hydrogens is 300 g/mol. The molecule has 0 fully saturated rings. The summed E-state index contributed by atoms with van der Waals surface area (Å²) in [5, 5.41) is 0. The van der Waals surface area contributed by atoms with Crippen LogP contribution in [-0.4, -0.2) is 19.4 Å². The van der Waals surface area contributed by atoms with Crippen molar-refractivity contribution in [2.45, 2.75) is 38.5 Å². The van der Waals surface area contributed by atoms with Crippen molar-refractivity contribution < 1.29 is 14.3 Å². The average Bonchev–Trinajstić information content (AvgIpc) is 2.60. The van der Waals surface area contributed by atoms with Gasteiger partial charge in [0.1, 0.15) is 13.2 Å². The largest absolute Gasteiger partial charge is 0.508 e. The monoisotopic (exact) mass is 326 g/mol. The Morgan fingerprint density at radius 2 is 1.04 bits per heavy atom. The van der Waals surface area contributed by atoms with E-state index in [0.29, 0.717) is 0 Å². The van der Waals surface area contributed by atoms with Gasteiger partial charge < -0.3 is 9.47 Å². The van der Waals surface area contributed by atoms with Gasteiger partial charge >= 0.3 is 6.16 Å². The third-order valence-electron chi connectivity index (χ3n) is 4.21. The Hall–Kier alpha value is -2.29. The molecule has 128 valence electrons. The molecule has 0 aliphatic carbocycles. The minimum Gasteiger partial charge on any atom is -0.433 e. The van der Waals surface area contributed by atoms with E-state index in [2.05, 4.69) is 0 Å². The van der Waals surface area contributed by atoms with E-state index in [-0.39, 0.29) is 24.0 Å². The predicted molar refractivity (Wildman–Crippen MR) is 96.2 cm³/mol. The number of carbonyl (C=O) groups is 1. The number of carbonyl (C=O) groups excluding carboxylic acids is 1. The van der Waals surface area contributed by atoms with Gasteiger partial charge in [-0.2, -0.15) is 0 Å². The molecule has 0 bridgehead atoms. The topological polar surface area (TPSA) is 35.5 Å². The fraction of sp³-hybridized carbons (Fsp3) is 0.381. The number of hydrogen-bond acceptors (Lipinski definition) is 3. The highest BCUT2D eigenvalue weighted by atomic mass is 16.7. The van der Waals surface area contributed by atoms with Crippen LogP contribution < -0.4 is 0 Å². The van der Waals surface area contributed by atoms with E-state index < -0.39 is 6.16 Å². The SMILES string of the molecule is CC(C)(COC(=O)OCC(C)(C)c1ccccc1)c1ccccc1. The summed E-state index contributed by atoms with van der Waals surface area (Å²) in [5.41, 5.74) is 1.75. The first-order chi connectivity index (χ1) is 11.3. The maximum atomic E-state index is 12.0. The number of rotatable bonds is 6. The third-order valence-corrected chi connectivity index (χ3v) is 4.21. The molecule has 3 nitrogen and oxygen atoms in total. The number of hydrogen-bond donors (Lipinski definition) is 0. The minimum absolute atomic E-state index is 0.255. The highest BCUT2D eigenvalue weighted by Crippen LogP contribution is 2.25. The van der Waals surface area contributed by atoms with Crippen molar-refractivity contribution in [3.05, 3.63) is 71.8 Å². The van der Waals surface area contributed by atoms with Crippen LogP contribution in [0.15, 0.2) is 60.7 Å². The average molecular weight is 326 g/mol. The molecule has 0 aliphatic rings. The Kier molecular flexibility index (Phi) is 5.66. The molecule has 0 heterocycles. The summed E-state index contributed by atoms with van der Waals surface area (Å²) in [6.07, 6.45) is -0.622. The fourth-order valence-electron chi connectivity index (χ4n) is 2.47. The molecule has 0 amide bonds. The molecule has 0 saturated carbocycles. The van der Waals surface area contributed by atoms with Gasteiger partial charge in [-0.25, -0.2) is 4.79 Å². The van der Waals surface area contributed by atoms with E-state index >= 15 is 0 Å². The molecule has 0 N–H and O–H groups in total. The van der Waals surface area contributed by atoms with Crippen LogP contribution in [0.2, 0.25) is 0 Å². The van der Waals surface area contributed by atoms with Crippen molar-refractivity contribution in [3.8, 4) is 0 Å². The van der Waals surface area contributed by atoms with E-state index in [4.69, 9.17) is 9.47 Å². The van der Waals surface area contributed by atoms with Gasteiger partial charge in [0, 0.05) is 10.8 Å². The van der Waals surface area contributed by atoms with E-state index in [1.54, 1.807) is 0 Å². The second-order valence-corrected chi connectivity index (χ2v) is 7.33. The van der Waals surface area contributed by atoms with Gasteiger partial charge in [0.15, 0.2) is 0 Å². The van der Waals surface area contributed by atoms with Gasteiger partial charge in [0.25, 0.3) is 0 Å². The lowest BCUT2D eigenvalue weighted by Gasteiger charge is -2.26. The molecule has 0 radical (unpaired) electrons. The van der Waals surface area contributed by atoms with Crippen molar-refractivity contribution in [2.75, 3.05) is 13.2 Å². The van der Waals surface area contributed by atoms with Crippen LogP contribution in [0.1, 0.15) is 38.8 Å². The lowest BCUT2D eigenvalue weighted by molar-refractivity contribution is 0.0312. The van der Waals surface area contributed by atoms with Crippen LogP contribution in [0.5, 0.6) is 0 Å².